The smallest absolute Gasteiger partial charge is 0.543 e. The minimum absolute atomic E-state index is 0. The predicted octanol–water partition coefficient (Wildman–Crippen LogP) is -1.90. The SMILES string of the molecule is CCCc1ccc(OCC(C)O)c2c(=O)cc(C(=O)[O-])n(CC)c12.[Na+]. The van der Waals surface area contributed by atoms with E-state index in [1.807, 2.05) is 19.9 Å². The van der Waals surface area contributed by atoms with Crippen LogP contribution >= 0.6 is 0 Å². The molecule has 1 unspecified atom stereocenters. The van der Waals surface area contributed by atoms with Crippen molar-refractivity contribution in [3.63, 3.8) is 0 Å². The Labute approximate surface area is 168 Å². The third kappa shape index (κ3) is 4.64. The molecule has 1 aromatic carbocycles. The third-order valence-corrected chi connectivity index (χ3v) is 3.82. The monoisotopic (exact) mass is 355 g/mol. The largest absolute Gasteiger partial charge is 1.00 e. The van der Waals surface area contributed by atoms with E-state index >= 15 is 0 Å². The van der Waals surface area contributed by atoms with Gasteiger partial charge in [0.05, 0.1) is 28.7 Å². The van der Waals surface area contributed by atoms with Gasteiger partial charge in [0.2, 0.25) is 0 Å². The summed E-state index contributed by atoms with van der Waals surface area (Å²) < 4.78 is 7.14. The van der Waals surface area contributed by atoms with Crippen LogP contribution in [0.2, 0.25) is 0 Å². The Morgan fingerprint density at radius 2 is 2.04 bits per heavy atom. The molecule has 2 rings (SSSR count). The maximum atomic E-state index is 12.5. The van der Waals surface area contributed by atoms with Crippen LogP contribution in [0.4, 0.5) is 0 Å². The van der Waals surface area contributed by atoms with E-state index in [4.69, 9.17) is 4.74 Å². The molecule has 1 heterocycles. The average Bonchev–Trinajstić information content (AvgIpc) is 2.53. The van der Waals surface area contributed by atoms with Crippen LogP contribution in [0.15, 0.2) is 23.0 Å². The van der Waals surface area contributed by atoms with Crippen molar-refractivity contribution in [1.29, 1.82) is 0 Å². The number of rotatable bonds is 7. The molecule has 6 nitrogen and oxygen atoms in total. The zero-order valence-electron chi connectivity index (χ0n) is 15.2. The number of carbonyl (C=O) groups excluding carboxylic acids is 1. The van der Waals surface area contributed by atoms with Crippen molar-refractivity contribution in [3.05, 3.63) is 39.7 Å². The normalized spacial score (nSPS) is 11.8. The number of carbonyl (C=O) groups is 1. The quantitative estimate of drug-likeness (QED) is 0.586. The number of nitrogens with zero attached hydrogens (tertiary/aromatic N) is 1. The minimum atomic E-state index is -1.38. The molecule has 0 saturated carbocycles. The first-order chi connectivity index (χ1) is 11.4. The Bertz CT molecular complexity index is 813. The van der Waals surface area contributed by atoms with Gasteiger partial charge in [0.15, 0.2) is 5.43 Å². The molecule has 130 valence electrons. The molecule has 0 spiro atoms. The van der Waals surface area contributed by atoms with Crippen LogP contribution in [0.5, 0.6) is 5.75 Å². The molecular weight excluding hydrogens is 333 g/mol. The number of benzene rings is 1. The number of hydrogen-bond donors (Lipinski definition) is 1. The summed E-state index contributed by atoms with van der Waals surface area (Å²) in [5, 5.41) is 21.2. The van der Waals surface area contributed by atoms with Gasteiger partial charge in [0.25, 0.3) is 0 Å². The molecule has 0 bridgehead atoms. The Balaban J connectivity index is 0.00000312. The van der Waals surface area contributed by atoms with E-state index in [1.165, 1.54) is 0 Å². The molecule has 0 fully saturated rings. The van der Waals surface area contributed by atoms with Gasteiger partial charge in [-0.25, -0.2) is 0 Å². The number of pyridine rings is 1. The van der Waals surface area contributed by atoms with Crippen LogP contribution < -0.4 is 44.8 Å². The molecular formula is C18H22NNaO5. The molecule has 0 aliphatic rings. The zero-order valence-corrected chi connectivity index (χ0v) is 17.2. The van der Waals surface area contributed by atoms with Crippen LogP contribution in [0.1, 0.15) is 43.2 Å². The van der Waals surface area contributed by atoms with Crippen molar-refractivity contribution in [3.8, 4) is 5.75 Å². The number of aryl methyl sites for hydroxylation is 2. The van der Waals surface area contributed by atoms with Gasteiger partial charge in [-0.05, 0) is 31.9 Å². The Hall–Kier alpha value is -1.34. The maximum Gasteiger partial charge on any atom is 1.00 e. The molecule has 0 aliphatic heterocycles. The average molecular weight is 355 g/mol. The first-order valence-corrected chi connectivity index (χ1v) is 8.12. The molecule has 7 heteroatoms. The van der Waals surface area contributed by atoms with E-state index in [-0.39, 0.29) is 41.9 Å². The van der Waals surface area contributed by atoms with Gasteiger partial charge in [-0.2, -0.15) is 0 Å². The number of fused-ring (bicyclic) bond motifs is 1. The van der Waals surface area contributed by atoms with Gasteiger partial charge < -0.3 is 24.3 Å². The van der Waals surface area contributed by atoms with E-state index in [2.05, 4.69) is 0 Å². The first-order valence-electron chi connectivity index (χ1n) is 8.12. The fourth-order valence-electron chi connectivity index (χ4n) is 2.86. The van der Waals surface area contributed by atoms with Crippen molar-refractivity contribution >= 4 is 16.9 Å². The summed E-state index contributed by atoms with van der Waals surface area (Å²) in [6.07, 6.45) is 0.894. The number of hydrogen-bond acceptors (Lipinski definition) is 5. The first kappa shape index (κ1) is 21.7. The van der Waals surface area contributed by atoms with Crippen LogP contribution in [-0.2, 0) is 13.0 Å². The molecule has 1 aromatic heterocycles. The summed E-state index contributed by atoms with van der Waals surface area (Å²) in [7, 11) is 0. The Kier molecular flexibility index (Phi) is 8.15. The van der Waals surface area contributed by atoms with Gasteiger partial charge in [-0.1, -0.05) is 19.4 Å². The number of aromatic nitrogens is 1. The number of carboxylic acids is 1. The summed E-state index contributed by atoms with van der Waals surface area (Å²) in [4.78, 5) is 24.0. The molecule has 2 aromatic rings. The van der Waals surface area contributed by atoms with Crippen molar-refractivity contribution in [1.82, 2.24) is 4.57 Å². The number of aromatic carboxylic acids is 1. The molecule has 1 N–H and O–H groups in total. The van der Waals surface area contributed by atoms with Crippen molar-refractivity contribution in [2.75, 3.05) is 6.61 Å². The van der Waals surface area contributed by atoms with Crippen LogP contribution in [0.3, 0.4) is 0 Å². The molecule has 1 atom stereocenters. The summed E-state index contributed by atoms with van der Waals surface area (Å²) >= 11 is 0. The van der Waals surface area contributed by atoms with Crippen molar-refractivity contribution in [2.24, 2.45) is 0 Å². The van der Waals surface area contributed by atoms with E-state index in [0.29, 0.717) is 29.6 Å². The number of carboxylic acid groups (broad SMARTS) is 1. The number of ether oxygens (including phenoxy) is 1. The van der Waals surface area contributed by atoms with E-state index in [0.717, 1.165) is 18.1 Å². The minimum Gasteiger partial charge on any atom is -0.543 e. The summed E-state index contributed by atoms with van der Waals surface area (Å²) in [6, 6.07) is 4.62. The molecule has 0 saturated heterocycles. The summed E-state index contributed by atoms with van der Waals surface area (Å²) in [6.45, 7) is 5.86. The molecule has 0 amide bonds. The predicted molar refractivity (Wildman–Crippen MR) is 89.4 cm³/mol. The van der Waals surface area contributed by atoms with Gasteiger partial charge in [-0.15, -0.1) is 0 Å². The van der Waals surface area contributed by atoms with E-state index in [1.54, 1.807) is 17.6 Å². The fraction of sp³-hybridized carbons (Fsp3) is 0.444. The van der Waals surface area contributed by atoms with Crippen LogP contribution in [0.25, 0.3) is 10.9 Å². The van der Waals surface area contributed by atoms with Gasteiger partial charge in [0.1, 0.15) is 12.4 Å². The molecule has 0 aliphatic carbocycles. The maximum absolute atomic E-state index is 12.5. The number of aliphatic hydroxyl groups is 1. The summed E-state index contributed by atoms with van der Waals surface area (Å²) in [5.41, 5.74) is 0.889. The van der Waals surface area contributed by atoms with Crippen molar-refractivity contribution < 1.29 is 49.3 Å². The van der Waals surface area contributed by atoms with E-state index < -0.39 is 17.5 Å². The van der Waals surface area contributed by atoms with Gasteiger partial charge >= 0.3 is 29.6 Å². The zero-order chi connectivity index (χ0) is 17.9. The van der Waals surface area contributed by atoms with Gasteiger partial charge in [-0.3, -0.25) is 4.79 Å². The summed E-state index contributed by atoms with van der Waals surface area (Å²) in [5.74, 6) is -1.03. The number of aliphatic hydroxyl groups excluding tert-OH is 1. The molecule has 0 radical (unpaired) electrons. The second-order valence-electron chi connectivity index (χ2n) is 5.78. The topological polar surface area (TPSA) is 91.6 Å². The second kappa shape index (κ2) is 9.38. The third-order valence-electron chi connectivity index (χ3n) is 3.82. The van der Waals surface area contributed by atoms with Crippen LogP contribution in [-0.4, -0.2) is 28.4 Å². The standard InChI is InChI=1S/C18H23NO5.Na/c1-4-6-12-7-8-15(24-10-11(3)20)16-14(21)9-13(18(22)23)19(5-2)17(12)16;/h7-9,11,20H,4-6,10H2,1-3H3,(H,22,23);/q;+1/p-1. The van der Waals surface area contributed by atoms with Gasteiger partial charge in [0, 0.05) is 12.6 Å². The second-order valence-corrected chi connectivity index (χ2v) is 5.78. The van der Waals surface area contributed by atoms with Crippen LogP contribution in [0, 0.1) is 0 Å². The molecule has 25 heavy (non-hydrogen) atoms. The fourth-order valence-corrected chi connectivity index (χ4v) is 2.86. The Morgan fingerprint density at radius 1 is 1.36 bits per heavy atom. The Morgan fingerprint density at radius 3 is 2.56 bits per heavy atom. The van der Waals surface area contributed by atoms with E-state index in [9.17, 15) is 19.8 Å². The van der Waals surface area contributed by atoms with Crippen molar-refractivity contribution in [2.45, 2.75) is 46.3 Å².